The molecule has 0 fully saturated rings. The van der Waals surface area contributed by atoms with Crippen LogP contribution in [0.1, 0.15) is 80.1 Å². The summed E-state index contributed by atoms with van der Waals surface area (Å²) in [7, 11) is -1.71. The van der Waals surface area contributed by atoms with Crippen LogP contribution in [0.25, 0.3) is 0 Å². The summed E-state index contributed by atoms with van der Waals surface area (Å²) in [6, 6.07) is 0. The third kappa shape index (κ3) is 8.36. The van der Waals surface area contributed by atoms with Gasteiger partial charge < -0.3 is 0 Å². The SMILES string of the molecule is C=C=[C](CO[Si](C)(C)C(C)(C)C)[Sn]([CH2]CCC)([CH2]CCC)[CH2]CCC. The molecular formula is C22H46OSiSn. The Hall–Kier alpha value is 0.496. The Balaban J connectivity index is 5.48. The van der Waals surface area contributed by atoms with Gasteiger partial charge in [0.15, 0.2) is 0 Å². The van der Waals surface area contributed by atoms with Gasteiger partial charge >= 0.3 is 165 Å². The van der Waals surface area contributed by atoms with Crippen LogP contribution >= 0.6 is 0 Å². The van der Waals surface area contributed by atoms with Crippen LogP contribution in [0.2, 0.25) is 31.4 Å². The van der Waals surface area contributed by atoms with E-state index in [0.717, 1.165) is 6.61 Å². The molecule has 0 unspecified atom stereocenters. The van der Waals surface area contributed by atoms with Crippen molar-refractivity contribution in [1.29, 1.82) is 0 Å². The van der Waals surface area contributed by atoms with E-state index in [9.17, 15) is 0 Å². The van der Waals surface area contributed by atoms with Crippen molar-refractivity contribution in [1.82, 2.24) is 0 Å². The van der Waals surface area contributed by atoms with Crippen molar-refractivity contribution in [3.63, 3.8) is 0 Å². The summed E-state index contributed by atoms with van der Waals surface area (Å²) in [5.74, 6) is 0. The fraction of sp³-hybridized carbons (Fsp3) is 0.864. The first-order chi connectivity index (χ1) is 11.6. The summed E-state index contributed by atoms with van der Waals surface area (Å²) in [5.41, 5.74) is 3.45. The van der Waals surface area contributed by atoms with Crippen molar-refractivity contribution in [3.05, 3.63) is 15.9 Å². The van der Waals surface area contributed by atoms with E-state index in [0.29, 0.717) is 0 Å². The summed E-state index contributed by atoms with van der Waals surface area (Å²) in [5, 5.41) is 0.272. The molecule has 0 bridgehead atoms. The standard InChI is InChI=1S/C10H19OSi.3C4H9.Sn/c1-7-8-9-11-12(5,6)10(2,3)4;3*1-3-4-2;/h1,9H2,2-6H3;3*1,3-4H2,2H3;. The quantitative estimate of drug-likeness (QED) is 0.194. The number of hydrogen-bond acceptors (Lipinski definition) is 1. The molecular weight excluding hydrogens is 427 g/mol. The van der Waals surface area contributed by atoms with E-state index in [1.54, 1.807) is 3.59 Å². The molecule has 1 nitrogen and oxygen atoms in total. The Morgan fingerprint density at radius 1 is 0.920 bits per heavy atom. The fourth-order valence-corrected chi connectivity index (χ4v) is 20.3. The summed E-state index contributed by atoms with van der Waals surface area (Å²) < 4.78 is 12.6. The van der Waals surface area contributed by atoms with E-state index in [-0.39, 0.29) is 5.04 Å². The Kier molecular flexibility index (Phi) is 12.3. The van der Waals surface area contributed by atoms with Gasteiger partial charge in [0.05, 0.1) is 0 Å². The van der Waals surface area contributed by atoms with Crippen LogP contribution < -0.4 is 0 Å². The Bertz CT molecular complexity index is 394. The van der Waals surface area contributed by atoms with E-state index in [1.165, 1.54) is 51.8 Å². The Labute approximate surface area is 164 Å². The molecule has 3 heteroatoms. The average molecular weight is 473 g/mol. The predicted octanol–water partition coefficient (Wildman–Crippen LogP) is 8.11. The van der Waals surface area contributed by atoms with Gasteiger partial charge in [-0.25, -0.2) is 0 Å². The van der Waals surface area contributed by atoms with Crippen molar-refractivity contribution in [2.24, 2.45) is 0 Å². The van der Waals surface area contributed by atoms with Crippen LogP contribution in [0.4, 0.5) is 0 Å². The van der Waals surface area contributed by atoms with E-state index >= 15 is 0 Å². The number of unbranched alkanes of at least 4 members (excludes halogenated alkanes) is 3. The molecule has 0 aromatic carbocycles. The van der Waals surface area contributed by atoms with Gasteiger partial charge in [0, 0.05) is 0 Å². The Morgan fingerprint density at radius 3 is 1.60 bits per heavy atom. The molecule has 0 aliphatic heterocycles. The summed E-state index contributed by atoms with van der Waals surface area (Å²) in [6.07, 6.45) is 8.08. The third-order valence-corrected chi connectivity index (χ3v) is 26.5. The normalized spacial score (nSPS) is 13.0. The first-order valence-electron chi connectivity index (χ1n) is 10.6. The van der Waals surface area contributed by atoms with E-state index in [2.05, 4.69) is 66.9 Å². The molecule has 0 amide bonds. The molecule has 0 heterocycles. The minimum atomic E-state index is -2.41. The molecule has 25 heavy (non-hydrogen) atoms. The maximum absolute atomic E-state index is 6.64. The fourth-order valence-electron chi connectivity index (χ4n) is 3.23. The van der Waals surface area contributed by atoms with Crippen molar-refractivity contribution in [3.8, 4) is 0 Å². The molecule has 0 aromatic heterocycles. The zero-order chi connectivity index (χ0) is 19.6. The second-order valence-corrected chi connectivity index (χ2v) is 27.4. The summed E-state index contributed by atoms with van der Waals surface area (Å²) in [6.45, 7) is 23.7. The summed E-state index contributed by atoms with van der Waals surface area (Å²) in [4.78, 5) is 0. The van der Waals surface area contributed by atoms with Gasteiger partial charge in [-0.05, 0) is 0 Å². The Morgan fingerprint density at radius 2 is 1.32 bits per heavy atom. The van der Waals surface area contributed by atoms with Gasteiger partial charge in [-0.15, -0.1) is 0 Å². The van der Waals surface area contributed by atoms with Gasteiger partial charge in [-0.3, -0.25) is 0 Å². The van der Waals surface area contributed by atoms with Crippen LogP contribution in [-0.4, -0.2) is 33.3 Å². The molecule has 0 saturated heterocycles. The third-order valence-electron chi connectivity index (χ3n) is 6.26. The van der Waals surface area contributed by atoms with Gasteiger partial charge in [0.2, 0.25) is 0 Å². The van der Waals surface area contributed by atoms with Crippen LogP contribution in [0, 0.1) is 0 Å². The van der Waals surface area contributed by atoms with Crippen molar-refractivity contribution in [2.45, 2.75) is 112 Å². The molecule has 0 aliphatic rings. The molecule has 0 atom stereocenters. The van der Waals surface area contributed by atoms with Crippen molar-refractivity contribution >= 4 is 26.7 Å². The first kappa shape index (κ1) is 25.5. The van der Waals surface area contributed by atoms with Crippen LogP contribution in [0.3, 0.4) is 0 Å². The molecule has 0 aromatic rings. The predicted molar refractivity (Wildman–Crippen MR) is 121 cm³/mol. The van der Waals surface area contributed by atoms with Gasteiger partial charge in [-0.1, -0.05) is 0 Å². The molecule has 0 rings (SSSR count). The van der Waals surface area contributed by atoms with Crippen LogP contribution in [-0.2, 0) is 4.43 Å². The molecule has 0 saturated carbocycles. The number of rotatable bonds is 13. The minimum absolute atomic E-state index is 0.272. The topological polar surface area (TPSA) is 9.23 Å². The second kappa shape index (κ2) is 12.1. The van der Waals surface area contributed by atoms with Gasteiger partial charge in [0.25, 0.3) is 0 Å². The molecule has 148 valence electrons. The molecule has 0 aliphatic carbocycles. The average Bonchev–Trinajstić information content (AvgIpc) is 2.54. The van der Waals surface area contributed by atoms with Gasteiger partial charge in [-0.2, -0.15) is 0 Å². The number of hydrogen-bond donors (Lipinski definition) is 0. The zero-order valence-electron chi connectivity index (χ0n) is 18.7. The van der Waals surface area contributed by atoms with Crippen molar-refractivity contribution < 1.29 is 4.43 Å². The van der Waals surface area contributed by atoms with Gasteiger partial charge in [0.1, 0.15) is 0 Å². The molecule has 0 spiro atoms. The van der Waals surface area contributed by atoms with Crippen molar-refractivity contribution in [2.75, 3.05) is 6.61 Å². The van der Waals surface area contributed by atoms with E-state index < -0.39 is 26.7 Å². The maximum atomic E-state index is 6.64. The van der Waals surface area contributed by atoms with Crippen LogP contribution in [0.15, 0.2) is 15.9 Å². The molecule has 0 radical (unpaired) electrons. The monoisotopic (exact) mass is 474 g/mol. The summed E-state index contributed by atoms with van der Waals surface area (Å²) >= 11 is -2.41. The molecule has 0 N–H and O–H groups in total. The van der Waals surface area contributed by atoms with E-state index in [1.807, 2.05) is 0 Å². The van der Waals surface area contributed by atoms with Crippen LogP contribution in [0.5, 0.6) is 0 Å². The first-order valence-corrected chi connectivity index (χ1v) is 21.0. The second-order valence-electron chi connectivity index (χ2n) is 9.30. The van der Waals surface area contributed by atoms with E-state index in [4.69, 9.17) is 4.43 Å². The zero-order valence-corrected chi connectivity index (χ0v) is 22.5.